The van der Waals surface area contributed by atoms with E-state index in [2.05, 4.69) is 54.5 Å². The van der Waals surface area contributed by atoms with E-state index in [1.165, 1.54) is 18.4 Å². The summed E-state index contributed by atoms with van der Waals surface area (Å²) in [6, 6.07) is 17.2. The summed E-state index contributed by atoms with van der Waals surface area (Å²) >= 11 is 0. The van der Waals surface area contributed by atoms with E-state index < -0.39 is 0 Å². The normalized spacial score (nSPS) is 26.0. The lowest BCUT2D eigenvalue weighted by molar-refractivity contribution is 0.0837. The number of hydrogen-bond donors (Lipinski definition) is 1. The third-order valence-corrected chi connectivity index (χ3v) is 6.87. The van der Waals surface area contributed by atoms with Crippen LogP contribution in [0.5, 0.6) is 0 Å². The number of likely N-dealkylation sites (N-methyl/N-ethyl adjacent to an activating group) is 1. The standard InChI is InChI=1S/C23H28N2O/c1-16-8-7-11-20(17(16)2)22(26)24-21(18-9-5-4-6-10-18)23-14-12-19(13-15-23)25(23)3/h4-11,19,21H,12-15H2,1-3H3,(H,24,26). The SMILES string of the molecule is Cc1cccc(C(=O)NC(c2ccccc2)C23CCC(CC2)N3C)c1C. The Morgan fingerprint density at radius 1 is 1.08 bits per heavy atom. The largest absolute Gasteiger partial charge is 0.343 e. The van der Waals surface area contributed by atoms with Crippen molar-refractivity contribution >= 4 is 5.91 Å². The van der Waals surface area contributed by atoms with Crippen molar-refractivity contribution in [3.63, 3.8) is 0 Å². The molecule has 3 heteroatoms. The minimum absolute atomic E-state index is 0.0219. The second kappa shape index (κ2) is 6.55. The molecule has 2 heterocycles. The molecule has 136 valence electrons. The fraction of sp³-hybridized carbons (Fsp3) is 0.435. The molecule has 1 unspecified atom stereocenters. The molecule has 2 aromatic rings. The van der Waals surface area contributed by atoms with Gasteiger partial charge in [0.2, 0.25) is 0 Å². The average molecular weight is 348 g/mol. The van der Waals surface area contributed by atoms with Crippen LogP contribution in [0, 0.1) is 13.8 Å². The zero-order valence-corrected chi connectivity index (χ0v) is 16.0. The van der Waals surface area contributed by atoms with Gasteiger partial charge in [-0.2, -0.15) is 0 Å². The first kappa shape index (κ1) is 17.3. The second-order valence-corrected chi connectivity index (χ2v) is 8.01. The average Bonchev–Trinajstić information content (AvgIpc) is 3.15. The van der Waals surface area contributed by atoms with Crippen LogP contribution in [0.25, 0.3) is 0 Å². The predicted octanol–water partition coefficient (Wildman–Crippen LogP) is 4.40. The Hall–Kier alpha value is -2.13. The maximum atomic E-state index is 13.2. The van der Waals surface area contributed by atoms with Crippen molar-refractivity contribution in [2.24, 2.45) is 0 Å². The van der Waals surface area contributed by atoms with E-state index >= 15 is 0 Å². The van der Waals surface area contributed by atoms with Gasteiger partial charge in [0.1, 0.15) is 0 Å². The number of carbonyl (C=O) groups is 1. The molecule has 2 aliphatic rings. The van der Waals surface area contributed by atoms with E-state index in [0.29, 0.717) is 6.04 Å². The quantitative estimate of drug-likeness (QED) is 0.888. The van der Waals surface area contributed by atoms with Crippen LogP contribution in [0.2, 0.25) is 0 Å². The third kappa shape index (κ3) is 2.66. The fourth-order valence-corrected chi connectivity index (χ4v) is 5.08. The van der Waals surface area contributed by atoms with Crippen LogP contribution in [0.1, 0.15) is 58.8 Å². The second-order valence-electron chi connectivity index (χ2n) is 8.01. The Morgan fingerprint density at radius 3 is 2.38 bits per heavy atom. The number of carbonyl (C=O) groups excluding carboxylic acids is 1. The van der Waals surface area contributed by atoms with Gasteiger partial charge >= 0.3 is 0 Å². The van der Waals surface area contributed by atoms with Crippen molar-refractivity contribution < 1.29 is 4.79 Å². The van der Waals surface area contributed by atoms with Gasteiger partial charge in [0.05, 0.1) is 6.04 Å². The number of aryl methyl sites for hydroxylation is 1. The molecular formula is C23H28N2O. The lowest BCUT2D eigenvalue weighted by atomic mass is 9.78. The summed E-state index contributed by atoms with van der Waals surface area (Å²) in [7, 11) is 2.24. The van der Waals surface area contributed by atoms with Crippen LogP contribution in [0.15, 0.2) is 48.5 Å². The van der Waals surface area contributed by atoms with Crippen LogP contribution in [0.4, 0.5) is 0 Å². The van der Waals surface area contributed by atoms with Gasteiger partial charge in [-0.15, -0.1) is 0 Å². The molecule has 0 radical (unpaired) electrons. The van der Waals surface area contributed by atoms with Gasteiger partial charge in [0.25, 0.3) is 5.91 Å². The van der Waals surface area contributed by atoms with Crippen LogP contribution in [-0.4, -0.2) is 29.4 Å². The Morgan fingerprint density at radius 2 is 1.77 bits per heavy atom. The smallest absolute Gasteiger partial charge is 0.252 e. The Balaban J connectivity index is 1.71. The predicted molar refractivity (Wildman–Crippen MR) is 105 cm³/mol. The molecule has 0 spiro atoms. The highest BCUT2D eigenvalue weighted by Crippen LogP contribution is 2.51. The number of rotatable bonds is 4. The first-order valence-corrected chi connectivity index (χ1v) is 9.68. The maximum Gasteiger partial charge on any atom is 0.252 e. The molecule has 2 saturated heterocycles. The molecule has 2 bridgehead atoms. The van der Waals surface area contributed by atoms with Gasteiger partial charge in [-0.3, -0.25) is 9.69 Å². The molecule has 4 rings (SSSR count). The summed E-state index contributed by atoms with van der Waals surface area (Å²) < 4.78 is 0. The molecule has 1 atom stereocenters. The van der Waals surface area contributed by atoms with Crippen molar-refractivity contribution in [3.8, 4) is 0 Å². The van der Waals surface area contributed by atoms with E-state index in [1.807, 2.05) is 25.1 Å². The number of benzene rings is 2. The summed E-state index contributed by atoms with van der Waals surface area (Å²) in [5.41, 5.74) is 4.27. The number of nitrogens with one attached hydrogen (secondary N) is 1. The molecule has 1 N–H and O–H groups in total. The molecular weight excluding hydrogens is 320 g/mol. The van der Waals surface area contributed by atoms with Gasteiger partial charge in [-0.1, -0.05) is 42.5 Å². The molecule has 1 amide bonds. The van der Waals surface area contributed by atoms with Gasteiger partial charge in [0, 0.05) is 17.1 Å². The van der Waals surface area contributed by atoms with E-state index in [1.54, 1.807) is 0 Å². The van der Waals surface area contributed by atoms with Crippen molar-refractivity contribution in [2.75, 3.05) is 7.05 Å². The van der Waals surface area contributed by atoms with E-state index in [0.717, 1.165) is 29.5 Å². The summed E-state index contributed by atoms with van der Waals surface area (Å²) in [5, 5.41) is 3.43. The first-order valence-electron chi connectivity index (χ1n) is 9.68. The van der Waals surface area contributed by atoms with Crippen LogP contribution in [0.3, 0.4) is 0 Å². The molecule has 2 fully saturated rings. The number of nitrogens with zero attached hydrogens (tertiary/aromatic N) is 1. The zero-order chi connectivity index (χ0) is 18.3. The number of amides is 1. The lowest BCUT2D eigenvalue weighted by Crippen LogP contribution is -2.51. The zero-order valence-electron chi connectivity index (χ0n) is 16.0. The van der Waals surface area contributed by atoms with Crippen LogP contribution >= 0.6 is 0 Å². The van der Waals surface area contributed by atoms with Crippen molar-refractivity contribution in [1.29, 1.82) is 0 Å². The molecule has 0 saturated carbocycles. The minimum atomic E-state index is 0.0219. The van der Waals surface area contributed by atoms with Crippen molar-refractivity contribution in [2.45, 2.75) is 57.2 Å². The maximum absolute atomic E-state index is 13.2. The molecule has 2 aliphatic heterocycles. The Kier molecular flexibility index (Phi) is 4.36. The van der Waals surface area contributed by atoms with Gasteiger partial charge in [0.15, 0.2) is 0 Å². The van der Waals surface area contributed by atoms with E-state index in [9.17, 15) is 4.79 Å². The van der Waals surface area contributed by atoms with Crippen LogP contribution < -0.4 is 5.32 Å². The molecule has 0 aromatic heterocycles. The molecule has 0 aliphatic carbocycles. The van der Waals surface area contributed by atoms with Crippen molar-refractivity contribution in [1.82, 2.24) is 10.2 Å². The minimum Gasteiger partial charge on any atom is -0.343 e. The third-order valence-electron chi connectivity index (χ3n) is 6.87. The topological polar surface area (TPSA) is 32.3 Å². The Bertz CT molecular complexity index is 806. The monoisotopic (exact) mass is 348 g/mol. The first-order chi connectivity index (χ1) is 12.5. The lowest BCUT2D eigenvalue weighted by Gasteiger charge is -2.41. The van der Waals surface area contributed by atoms with Gasteiger partial charge in [-0.05, 0) is 69.3 Å². The highest BCUT2D eigenvalue weighted by Gasteiger charge is 2.54. The molecule has 3 nitrogen and oxygen atoms in total. The number of hydrogen-bond acceptors (Lipinski definition) is 2. The number of fused-ring (bicyclic) bond motifs is 2. The van der Waals surface area contributed by atoms with Crippen LogP contribution in [-0.2, 0) is 0 Å². The van der Waals surface area contributed by atoms with Crippen molar-refractivity contribution in [3.05, 3.63) is 70.8 Å². The van der Waals surface area contributed by atoms with E-state index in [4.69, 9.17) is 0 Å². The Labute approximate surface area is 156 Å². The summed E-state index contributed by atoms with van der Waals surface area (Å²) in [6.07, 6.45) is 4.78. The molecule has 26 heavy (non-hydrogen) atoms. The van der Waals surface area contributed by atoms with Gasteiger partial charge in [-0.25, -0.2) is 0 Å². The summed E-state index contributed by atoms with van der Waals surface area (Å²) in [4.78, 5) is 15.7. The molecule has 2 aromatic carbocycles. The highest BCUT2D eigenvalue weighted by atomic mass is 16.1. The fourth-order valence-electron chi connectivity index (χ4n) is 5.08. The highest BCUT2D eigenvalue weighted by molar-refractivity contribution is 5.96. The summed E-state index contributed by atoms with van der Waals surface area (Å²) in [6.45, 7) is 4.10. The van der Waals surface area contributed by atoms with Gasteiger partial charge < -0.3 is 5.32 Å². The summed E-state index contributed by atoms with van der Waals surface area (Å²) in [5.74, 6) is 0.0400. The van der Waals surface area contributed by atoms with E-state index in [-0.39, 0.29) is 17.5 Å².